The number of nitrogens with one attached hydrogen (secondary N) is 1. The molecule has 0 amide bonds. The fourth-order valence-electron chi connectivity index (χ4n) is 2.82. The van der Waals surface area contributed by atoms with E-state index in [4.69, 9.17) is 26.4 Å². The lowest BCUT2D eigenvalue weighted by molar-refractivity contribution is -0.0641. The van der Waals surface area contributed by atoms with Crippen LogP contribution in [0.3, 0.4) is 0 Å². The predicted octanol–water partition coefficient (Wildman–Crippen LogP) is -1.38. The van der Waals surface area contributed by atoms with Gasteiger partial charge >= 0.3 is 0 Å². The number of hydrogen-bond acceptors (Lipinski definition) is 8. The number of hydrogen-bond donors (Lipinski definition) is 3. The van der Waals surface area contributed by atoms with Gasteiger partial charge in [-0.05, 0) is 0 Å². The topological polar surface area (TPSA) is 138 Å². The van der Waals surface area contributed by atoms with Crippen LogP contribution in [-0.4, -0.2) is 63.3 Å². The van der Waals surface area contributed by atoms with Crippen molar-refractivity contribution in [3.63, 3.8) is 0 Å². The van der Waals surface area contributed by atoms with E-state index in [1.165, 1.54) is 18.0 Å². The highest BCUT2D eigenvalue weighted by Crippen LogP contribution is 2.34. The highest BCUT2D eigenvalue weighted by Gasteiger charge is 2.47. The van der Waals surface area contributed by atoms with E-state index in [-0.39, 0.29) is 30.3 Å². The molecule has 10 heteroatoms. The second kappa shape index (κ2) is 6.58. The zero-order valence-electron chi connectivity index (χ0n) is 12.9. The van der Waals surface area contributed by atoms with Crippen LogP contribution in [-0.2, 0) is 14.2 Å². The quantitative estimate of drug-likeness (QED) is 0.569. The molecule has 4 N–H and O–H groups in total. The number of ether oxygens (including phenoxy) is 3. The Bertz CT molecular complexity index is 825. The van der Waals surface area contributed by atoms with Gasteiger partial charge in [0.1, 0.15) is 24.9 Å². The van der Waals surface area contributed by atoms with Gasteiger partial charge in [-0.3, -0.25) is 14.3 Å². The number of fused-ring (bicyclic) bond motifs is 1. The smallest absolute Gasteiger partial charge is 0.280 e. The molecule has 1 saturated heterocycles. The molecule has 128 valence electrons. The minimum absolute atomic E-state index is 0.0331. The minimum atomic E-state index is -0.737. The molecule has 0 saturated carbocycles. The first-order valence-electron chi connectivity index (χ1n) is 7.17. The zero-order valence-corrected chi connectivity index (χ0v) is 12.9. The van der Waals surface area contributed by atoms with Gasteiger partial charge in [-0.15, -0.1) is 6.42 Å². The number of nitrogens with zero attached hydrogens (tertiary/aromatic N) is 3. The maximum absolute atomic E-state index is 11.9. The van der Waals surface area contributed by atoms with Crippen LogP contribution < -0.4 is 11.3 Å². The van der Waals surface area contributed by atoms with Crippen molar-refractivity contribution in [3.8, 4) is 12.3 Å². The van der Waals surface area contributed by atoms with Crippen molar-refractivity contribution in [1.82, 2.24) is 19.5 Å². The van der Waals surface area contributed by atoms with Gasteiger partial charge in [-0.25, -0.2) is 4.98 Å². The minimum Gasteiger partial charge on any atom is -0.394 e. The molecule has 0 aliphatic carbocycles. The summed E-state index contributed by atoms with van der Waals surface area (Å²) in [6, 6.07) is 0. The van der Waals surface area contributed by atoms with Crippen molar-refractivity contribution in [2.45, 2.75) is 24.5 Å². The number of terminal acetylenes is 1. The third-order valence-electron chi connectivity index (χ3n) is 3.82. The molecule has 24 heavy (non-hydrogen) atoms. The average molecular weight is 335 g/mol. The van der Waals surface area contributed by atoms with Gasteiger partial charge in [-0.2, -0.15) is 4.98 Å². The molecule has 4 atom stereocenters. The van der Waals surface area contributed by atoms with E-state index in [0.717, 1.165) is 0 Å². The standard InChI is InChI=1S/C14H17N5O5/c1-3-4-23-10-9(22-2)7(5-20)24-13(10)19-6-16-8-11(19)17-14(15)18-12(8)21/h1,6-7,9-10,13,20H,4-5H2,2H3,(H3,15,17,18,21). The summed E-state index contributed by atoms with van der Waals surface area (Å²) in [6.45, 7) is -0.237. The zero-order chi connectivity index (χ0) is 17.3. The lowest BCUT2D eigenvalue weighted by Gasteiger charge is -2.22. The Morgan fingerprint density at radius 1 is 1.58 bits per heavy atom. The Hall–Kier alpha value is -2.45. The molecule has 10 nitrogen and oxygen atoms in total. The van der Waals surface area contributed by atoms with Crippen LogP contribution in [0.5, 0.6) is 0 Å². The fraction of sp³-hybridized carbons (Fsp3) is 0.500. The summed E-state index contributed by atoms with van der Waals surface area (Å²) < 4.78 is 18.4. The maximum atomic E-state index is 11.9. The van der Waals surface area contributed by atoms with Crippen LogP contribution in [0.15, 0.2) is 11.1 Å². The first-order valence-corrected chi connectivity index (χ1v) is 7.17. The molecule has 1 aliphatic rings. The molecule has 3 rings (SSSR count). The normalized spacial score (nSPS) is 26.7. The first-order chi connectivity index (χ1) is 11.6. The van der Waals surface area contributed by atoms with Gasteiger partial charge in [0.2, 0.25) is 5.95 Å². The highest BCUT2D eigenvalue weighted by atomic mass is 16.6. The number of aromatic amines is 1. The van der Waals surface area contributed by atoms with Gasteiger partial charge in [0.05, 0.1) is 12.9 Å². The van der Waals surface area contributed by atoms with Crippen molar-refractivity contribution in [2.24, 2.45) is 0 Å². The fourth-order valence-corrected chi connectivity index (χ4v) is 2.82. The second-order valence-corrected chi connectivity index (χ2v) is 5.20. The Morgan fingerprint density at radius 2 is 2.38 bits per heavy atom. The van der Waals surface area contributed by atoms with E-state index < -0.39 is 30.1 Å². The number of nitrogen functional groups attached to an aromatic ring is 1. The third kappa shape index (κ3) is 2.63. The van der Waals surface area contributed by atoms with Gasteiger partial charge in [0.15, 0.2) is 17.4 Å². The van der Waals surface area contributed by atoms with Crippen molar-refractivity contribution in [3.05, 3.63) is 16.7 Å². The molecule has 0 bridgehead atoms. The van der Waals surface area contributed by atoms with Crippen molar-refractivity contribution >= 4 is 17.1 Å². The molecule has 0 radical (unpaired) electrons. The molecule has 1 aliphatic heterocycles. The number of rotatable bonds is 5. The molecule has 4 unspecified atom stereocenters. The molecule has 2 aromatic rings. The molecule has 1 fully saturated rings. The number of aromatic nitrogens is 4. The lowest BCUT2D eigenvalue weighted by Crippen LogP contribution is -2.37. The summed E-state index contributed by atoms with van der Waals surface area (Å²) in [4.78, 5) is 22.4. The number of anilines is 1. The summed E-state index contributed by atoms with van der Waals surface area (Å²) in [7, 11) is 1.48. The van der Waals surface area contributed by atoms with Crippen molar-refractivity contribution in [1.29, 1.82) is 0 Å². The molecule has 2 aromatic heterocycles. The second-order valence-electron chi connectivity index (χ2n) is 5.20. The van der Waals surface area contributed by atoms with E-state index in [2.05, 4.69) is 20.9 Å². The monoisotopic (exact) mass is 335 g/mol. The molecule has 3 heterocycles. The van der Waals surface area contributed by atoms with Gasteiger partial charge in [-0.1, -0.05) is 5.92 Å². The highest BCUT2D eigenvalue weighted by molar-refractivity contribution is 5.70. The Labute approximate surface area is 136 Å². The summed E-state index contributed by atoms with van der Waals surface area (Å²) in [5, 5.41) is 9.51. The first kappa shape index (κ1) is 16.4. The van der Waals surface area contributed by atoms with Crippen LogP contribution >= 0.6 is 0 Å². The summed E-state index contributed by atoms with van der Waals surface area (Å²) in [5.74, 6) is 2.34. The number of imidazole rings is 1. The van der Waals surface area contributed by atoms with Crippen LogP contribution in [0.25, 0.3) is 11.2 Å². The lowest BCUT2D eigenvalue weighted by atomic mass is 10.1. The van der Waals surface area contributed by atoms with E-state index in [0.29, 0.717) is 0 Å². The molecule has 0 spiro atoms. The maximum Gasteiger partial charge on any atom is 0.280 e. The van der Waals surface area contributed by atoms with Gasteiger partial charge in [0.25, 0.3) is 5.56 Å². The predicted molar refractivity (Wildman–Crippen MR) is 82.9 cm³/mol. The van der Waals surface area contributed by atoms with Gasteiger partial charge in [0, 0.05) is 7.11 Å². The largest absolute Gasteiger partial charge is 0.394 e. The molecule has 0 aromatic carbocycles. The van der Waals surface area contributed by atoms with Gasteiger partial charge < -0.3 is 25.1 Å². The Kier molecular flexibility index (Phi) is 4.50. The average Bonchev–Trinajstić information content (AvgIpc) is 3.13. The Morgan fingerprint density at radius 3 is 3.04 bits per heavy atom. The summed E-state index contributed by atoms with van der Waals surface area (Å²) >= 11 is 0. The number of H-pyrrole nitrogens is 1. The van der Waals surface area contributed by atoms with Crippen LogP contribution in [0.2, 0.25) is 0 Å². The van der Waals surface area contributed by atoms with E-state index >= 15 is 0 Å². The van der Waals surface area contributed by atoms with Crippen LogP contribution in [0, 0.1) is 12.3 Å². The van der Waals surface area contributed by atoms with Crippen LogP contribution in [0.1, 0.15) is 6.23 Å². The van der Waals surface area contributed by atoms with E-state index in [1.807, 2.05) is 0 Å². The number of methoxy groups -OCH3 is 1. The van der Waals surface area contributed by atoms with E-state index in [1.54, 1.807) is 0 Å². The number of aliphatic hydroxyl groups is 1. The molecular formula is C14H17N5O5. The van der Waals surface area contributed by atoms with Crippen molar-refractivity contribution < 1.29 is 19.3 Å². The van der Waals surface area contributed by atoms with Crippen molar-refractivity contribution in [2.75, 3.05) is 26.1 Å². The third-order valence-corrected chi connectivity index (χ3v) is 3.82. The number of aliphatic hydroxyl groups excluding tert-OH is 1. The summed E-state index contributed by atoms with van der Waals surface area (Å²) in [5.41, 5.74) is 5.50. The SMILES string of the molecule is C#CCOC1C(OC)C(CO)OC1n1cnc2c(=O)[nH]c(N)nc21. The van der Waals surface area contributed by atoms with E-state index in [9.17, 15) is 9.90 Å². The molecular weight excluding hydrogens is 318 g/mol. The number of nitrogens with two attached hydrogens (primary N) is 1. The summed E-state index contributed by atoms with van der Waals surface area (Å²) in [6.07, 6.45) is 4.12. The van der Waals surface area contributed by atoms with Crippen LogP contribution in [0.4, 0.5) is 5.95 Å². The Balaban J connectivity index is 2.06.